The molecule has 0 unspecified atom stereocenters. The van der Waals surface area contributed by atoms with E-state index in [4.69, 9.17) is 21.4 Å². The summed E-state index contributed by atoms with van der Waals surface area (Å²) < 4.78 is 44.4. The van der Waals surface area contributed by atoms with Gasteiger partial charge in [0.15, 0.2) is 0 Å². The maximum atomic E-state index is 12.9. The topological polar surface area (TPSA) is 78.9 Å². The first-order valence-corrected chi connectivity index (χ1v) is 8.20. The number of benzene rings is 1. The van der Waals surface area contributed by atoms with Gasteiger partial charge in [-0.15, -0.1) is 0 Å². The largest absolute Gasteiger partial charge is 0.489 e. The van der Waals surface area contributed by atoms with E-state index in [2.05, 4.69) is 5.32 Å². The van der Waals surface area contributed by atoms with E-state index < -0.39 is 49.2 Å². The number of hydrogen-bond acceptors (Lipinski definition) is 3. The molecule has 26 heavy (non-hydrogen) atoms. The van der Waals surface area contributed by atoms with Crippen molar-refractivity contribution in [3.8, 4) is 5.75 Å². The van der Waals surface area contributed by atoms with Gasteiger partial charge in [-0.2, -0.15) is 13.2 Å². The number of likely N-dealkylation sites (tertiary alicyclic amines) is 1. The summed E-state index contributed by atoms with van der Waals surface area (Å²) in [6, 6.07) is 5.80. The second-order valence-corrected chi connectivity index (χ2v) is 6.50. The van der Waals surface area contributed by atoms with Gasteiger partial charge in [-0.3, -0.25) is 4.79 Å². The molecule has 2 amide bonds. The number of halogens is 4. The molecular formula is C16H18ClF3N2O4. The number of ether oxygens (including phenoxy) is 1. The first-order chi connectivity index (χ1) is 12.1. The molecule has 0 aromatic heterocycles. The average molecular weight is 395 g/mol. The van der Waals surface area contributed by atoms with Crippen molar-refractivity contribution in [2.45, 2.75) is 19.2 Å². The lowest BCUT2D eigenvalue weighted by Gasteiger charge is -2.20. The second kappa shape index (κ2) is 8.03. The minimum Gasteiger partial charge on any atom is -0.489 e. The lowest BCUT2D eigenvalue weighted by Crippen LogP contribution is -2.43. The highest BCUT2D eigenvalue weighted by Gasteiger charge is 2.53. The minimum atomic E-state index is -4.68. The first-order valence-electron chi connectivity index (χ1n) is 7.82. The Morgan fingerprint density at radius 1 is 1.35 bits per heavy atom. The number of amides is 2. The van der Waals surface area contributed by atoms with Crippen molar-refractivity contribution in [3.05, 3.63) is 29.3 Å². The number of alkyl halides is 3. The fourth-order valence-electron chi connectivity index (χ4n) is 2.68. The molecule has 1 aromatic carbocycles. The lowest BCUT2D eigenvalue weighted by molar-refractivity contribution is -0.187. The van der Waals surface area contributed by atoms with Crippen LogP contribution in [0.4, 0.5) is 18.0 Å². The van der Waals surface area contributed by atoms with E-state index in [9.17, 15) is 22.8 Å². The van der Waals surface area contributed by atoms with Gasteiger partial charge >= 0.3 is 18.2 Å². The molecule has 10 heteroatoms. The predicted molar refractivity (Wildman–Crippen MR) is 87.2 cm³/mol. The van der Waals surface area contributed by atoms with Crippen LogP contribution in [0.5, 0.6) is 5.75 Å². The number of nitrogens with one attached hydrogen (secondary N) is 1. The molecule has 1 aliphatic rings. The third-order valence-corrected chi connectivity index (χ3v) is 4.29. The summed E-state index contributed by atoms with van der Waals surface area (Å²) in [5.41, 5.74) is 0. The summed E-state index contributed by atoms with van der Waals surface area (Å²) in [5, 5.41) is 12.0. The smallest absolute Gasteiger partial charge is 0.394 e. The van der Waals surface area contributed by atoms with Crippen molar-refractivity contribution < 1.29 is 32.6 Å². The Bertz CT molecular complexity index is 654. The van der Waals surface area contributed by atoms with Crippen molar-refractivity contribution in [1.82, 2.24) is 10.2 Å². The molecule has 1 aliphatic heterocycles. The van der Waals surface area contributed by atoms with Crippen LogP contribution in [-0.2, 0) is 4.79 Å². The standard InChI is InChI=1S/C16H18ClF3N2O4/c1-9(26-11-4-2-10(17)3-5-11)6-21-15(25)22-7-12(14(23)24)13(8-22)16(18,19)20/h2-5,9,12-13H,6-8H2,1H3,(H,21,25)(H,23,24)/t9-,12+,13+/m0/s1. The van der Waals surface area contributed by atoms with Crippen LogP contribution in [0.15, 0.2) is 24.3 Å². The maximum absolute atomic E-state index is 12.9. The molecule has 0 bridgehead atoms. The van der Waals surface area contributed by atoms with Crippen LogP contribution in [-0.4, -0.2) is 53.9 Å². The van der Waals surface area contributed by atoms with Gasteiger partial charge in [0.1, 0.15) is 11.9 Å². The quantitative estimate of drug-likeness (QED) is 0.804. The molecule has 0 aliphatic carbocycles. The summed E-state index contributed by atoms with van der Waals surface area (Å²) >= 11 is 5.76. The van der Waals surface area contributed by atoms with Gasteiger partial charge in [-0.25, -0.2) is 4.79 Å². The molecule has 6 nitrogen and oxygen atoms in total. The number of carboxylic acids is 1. The zero-order valence-electron chi connectivity index (χ0n) is 13.8. The summed E-state index contributed by atoms with van der Waals surface area (Å²) in [6.45, 7) is 0.556. The fraction of sp³-hybridized carbons (Fsp3) is 0.500. The highest BCUT2D eigenvalue weighted by molar-refractivity contribution is 6.30. The minimum absolute atomic E-state index is 0.0480. The summed E-state index contributed by atoms with van der Waals surface area (Å²) in [6.07, 6.45) is -5.13. The molecule has 1 fully saturated rings. The summed E-state index contributed by atoms with van der Waals surface area (Å²) in [7, 11) is 0. The van der Waals surface area contributed by atoms with E-state index in [1.807, 2.05) is 0 Å². The molecule has 0 saturated carbocycles. The van der Waals surface area contributed by atoms with E-state index in [0.29, 0.717) is 10.8 Å². The molecule has 2 N–H and O–H groups in total. The Morgan fingerprint density at radius 2 is 1.96 bits per heavy atom. The van der Waals surface area contributed by atoms with Gasteiger partial charge in [0.2, 0.25) is 0 Å². The molecule has 3 atom stereocenters. The molecule has 1 saturated heterocycles. The number of nitrogens with zero attached hydrogens (tertiary/aromatic N) is 1. The maximum Gasteiger partial charge on any atom is 0.394 e. The highest BCUT2D eigenvalue weighted by Crippen LogP contribution is 2.37. The van der Waals surface area contributed by atoms with Crippen LogP contribution < -0.4 is 10.1 Å². The normalized spacial score (nSPS) is 21.3. The molecule has 1 aromatic rings. The van der Waals surface area contributed by atoms with Crippen molar-refractivity contribution in [1.29, 1.82) is 0 Å². The lowest BCUT2D eigenvalue weighted by atomic mass is 9.96. The van der Waals surface area contributed by atoms with Gasteiger partial charge in [0.05, 0.1) is 18.4 Å². The fourth-order valence-corrected chi connectivity index (χ4v) is 2.81. The molecule has 144 valence electrons. The van der Waals surface area contributed by atoms with Crippen molar-refractivity contribution in [3.63, 3.8) is 0 Å². The Balaban J connectivity index is 1.87. The van der Waals surface area contributed by atoms with E-state index in [-0.39, 0.29) is 6.54 Å². The predicted octanol–water partition coefficient (Wildman–Crippen LogP) is 3.01. The van der Waals surface area contributed by atoms with Gasteiger partial charge < -0.3 is 20.1 Å². The number of hydrogen-bond donors (Lipinski definition) is 2. The van der Waals surface area contributed by atoms with Crippen LogP contribution in [0.2, 0.25) is 5.02 Å². The second-order valence-electron chi connectivity index (χ2n) is 6.07. The zero-order chi connectivity index (χ0) is 19.5. The van der Waals surface area contributed by atoms with Crippen LogP contribution in [0.1, 0.15) is 6.92 Å². The summed E-state index contributed by atoms with van der Waals surface area (Å²) in [4.78, 5) is 24.0. The number of carbonyl (C=O) groups is 2. The number of carbonyl (C=O) groups excluding carboxylic acids is 1. The number of urea groups is 1. The van der Waals surface area contributed by atoms with Gasteiger partial charge in [0, 0.05) is 18.1 Å². The van der Waals surface area contributed by atoms with Gasteiger partial charge in [0.25, 0.3) is 0 Å². The first kappa shape index (κ1) is 20.2. The van der Waals surface area contributed by atoms with Crippen molar-refractivity contribution in [2.75, 3.05) is 19.6 Å². The van der Waals surface area contributed by atoms with E-state index in [1.54, 1.807) is 31.2 Å². The Labute approximate surface area is 152 Å². The number of carboxylic acid groups (broad SMARTS) is 1. The number of rotatable bonds is 5. The molecule has 1 heterocycles. The average Bonchev–Trinajstić information content (AvgIpc) is 3.01. The zero-order valence-corrected chi connectivity index (χ0v) is 14.5. The molecule has 0 spiro atoms. The third kappa shape index (κ3) is 5.17. The third-order valence-electron chi connectivity index (χ3n) is 4.04. The van der Waals surface area contributed by atoms with Crippen LogP contribution in [0.25, 0.3) is 0 Å². The highest BCUT2D eigenvalue weighted by atomic mass is 35.5. The Hall–Kier alpha value is -2.16. The van der Waals surface area contributed by atoms with Gasteiger partial charge in [-0.05, 0) is 31.2 Å². The van der Waals surface area contributed by atoms with E-state index in [1.165, 1.54) is 0 Å². The van der Waals surface area contributed by atoms with Crippen LogP contribution >= 0.6 is 11.6 Å². The Kier molecular flexibility index (Phi) is 6.22. The van der Waals surface area contributed by atoms with Crippen LogP contribution in [0.3, 0.4) is 0 Å². The van der Waals surface area contributed by atoms with E-state index >= 15 is 0 Å². The van der Waals surface area contributed by atoms with Crippen LogP contribution in [0, 0.1) is 11.8 Å². The molecule has 0 radical (unpaired) electrons. The number of aliphatic carboxylic acids is 1. The molecule has 2 rings (SSSR count). The van der Waals surface area contributed by atoms with Crippen molar-refractivity contribution >= 4 is 23.6 Å². The monoisotopic (exact) mass is 394 g/mol. The molecular weight excluding hydrogens is 377 g/mol. The van der Waals surface area contributed by atoms with E-state index in [0.717, 1.165) is 4.90 Å². The summed E-state index contributed by atoms with van der Waals surface area (Å²) in [5.74, 6) is -4.78. The Morgan fingerprint density at radius 3 is 2.46 bits per heavy atom. The van der Waals surface area contributed by atoms with Gasteiger partial charge in [-0.1, -0.05) is 11.6 Å². The van der Waals surface area contributed by atoms with Crippen molar-refractivity contribution in [2.24, 2.45) is 11.8 Å². The SMILES string of the molecule is C[C@@H](CNC(=O)N1C[C@@H](C(F)(F)F)[C@H](C(=O)O)C1)Oc1ccc(Cl)cc1.